The van der Waals surface area contributed by atoms with Crippen molar-refractivity contribution in [2.24, 2.45) is 0 Å². The molecular formula is C16H19N3OS. The molecule has 0 aliphatic heterocycles. The number of aromatic amines is 1. The number of allylic oxidation sites excluding steroid dienone is 4. The monoisotopic (exact) mass is 301 g/mol. The summed E-state index contributed by atoms with van der Waals surface area (Å²) in [6.07, 6.45) is 5.91. The third-order valence-corrected chi connectivity index (χ3v) is 3.96. The van der Waals surface area contributed by atoms with Crippen molar-refractivity contribution in [3.63, 3.8) is 0 Å². The molecule has 5 heteroatoms. The minimum absolute atomic E-state index is 0.126. The molecule has 0 aromatic carbocycles. The Labute approximate surface area is 127 Å². The molecule has 0 amide bonds. The highest BCUT2D eigenvalue weighted by Crippen LogP contribution is 2.27. The van der Waals surface area contributed by atoms with E-state index < -0.39 is 0 Å². The van der Waals surface area contributed by atoms with E-state index >= 15 is 0 Å². The van der Waals surface area contributed by atoms with Crippen LogP contribution in [-0.4, -0.2) is 16.5 Å². The molecule has 0 unspecified atom stereocenters. The molecule has 110 valence electrons. The fourth-order valence-electron chi connectivity index (χ4n) is 2.01. The third kappa shape index (κ3) is 3.13. The standard InChI is InChI=1S/C16H19N3OS/c1-5-7-8-10(3)12-9-21-16-13(12)15(20)18-14(19-16)11(4)17-6-2/h5,7-9,17H,4,6H2,1-3H3,(H,18,19,20)/b7-5-,10-8+. The summed E-state index contributed by atoms with van der Waals surface area (Å²) >= 11 is 1.47. The number of fused-ring (bicyclic) bond motifs is 1. The van der Waals surface area contributed by atoms with Gasteiger partial charge in [0.05, 0.1) is 11.1 Å². The van der Waals surface area contributed by atoms with Crippen molar-refractivity contribution in [1.82, 2.24) is 15.3 Å². The van der Waals surface area contributed by atoms with E-state index in [-0.39, 0.29) is 5.56 Å². The number of rotatable bonds is 5. The van der Waals surface area contributed by atoms with Crippen LogP contribution in [0.3, 0.4) is 0 Å². The average molecular weight is 301 g/mol. The highest BCUT2D eigenvalue weighted by molar-refractivity contribution is 7.17. The highest BCUT2D eigenvalue weighted by atomic mass is 32.1. The van der Waals surface area contributed by atoms with Crippen molar-refractivity contribution in [1.29, 1.82) is 0 Å². The van der Waals surface area contributed by atoms with Crippen LogP contribution in [0.1, 0.15) is 32.2 Å². The Balaban J connectivity index is 2.56. The van der Waals surface area contributed by atoms with E-state index in [0.29, 0.717) is 16.9 Å². The number of hydrogen-bond donors (Lipinski definition) is 2. The van der Waals surface area contributed by atoms with Crippen molar-refractivity contribution in [3.8, 4) is 0 Å². The lowest BCUT2D eigenvalue weighted by atomic mass is 10.1. The molecule has 2 aromatic heterocycles. The van der Waals surface area contributed by atoms with Crippen LogP contribution in [0.5, 0.6) is 0 Å². The molecular weight excluding hydrogens is 282 g/mol. The van der Waals surface area contributed by atoms with Gasteiger partial charge < -0.3 is 10.3 Å². The van der Waals surface area contributed by atoms with Gasteiger partial charge in [-0.2, -0.15) is 0 Å². The molecule has 0 aliphatic rings. The Hall–Kier alpha value is -2.14. The molecule has 0 fully saturated rings. The first-order valence-electron chi connectivity index (χ1n) is 6.83. The van der Waals surface area contributed by atoms with Gasteiger partial charge in [-0.25, -0.2) is 4.98 Å². The smallest absolute Gasteiger partial charge is 0.260 e. The van der Waals surface area contributed by atoms with Crippen LogP contribution in [0, 0.1) is 0 Å². The lowest BCUT2D eigenvalue weighted by Crippen LogP contribution is -2.17. The number of nitrogens with one attached hydrogen (secondary N) is 2. The molecule has 0 saturated carbocycles. The van der Waals surface area contributed by atoms with Crippen LogP contribution in [0.15, 0.2) is 35.0 Å². The van der Waals surface area contributed by atoms with E-state index in [1.54, 1.807) is 0 Å². The number of hydrogen-bond acceptors (Lipinski definition) is 4. The molecule has 0 saturated heterocycles. The molecule has 0 aliphatic carbocycles. The van der Waals surface area contributed by atoms with Gasteiger partial charge in [-0.3, -0.25) is 4.79 Å². The van der Waals surface area contributed by atoms with Gasteiger partial charge >= 0.3 is 0 Å². The summed E-state index contributed by atoms with van der Waals surface area (Å²) in [6.45, 7) is 10.5. The number of thiophene rings is 1. The zero-order chi connectivity index (χ0) is 15.4. The van der Waals surface area contributed by atoms with E-state index in [0.717, 1.165) is 22.5 Å². The summed E-state index contributed by atoms with van der Waals surface area (Å²) in [7, 11) is 0. The van der Waals surface area contributed by atoms with Crippen LogP contribution < -0.4 is 10.9 Å². The molecule has 2 aromatic rings. The van der Waals surface area contributed by atoms with E-state index in [2.05, 4.69) is 21.9 Å². The van der Waals surface area contributed by atoms with Crippen molar-refractivity contribution in [3.05, 3.63) is 51.9 Å². The third-order valence-electron chi connectivity index (χ3n) is 3.08. The Bertz CT molecular complexity index is 780. The van der Waals surface area contributed by atoms with Crippen molar-refractivity contribution in [2.75, 3.05) is 6.54 Å². The van der Waals surface area contributed by atoms with E-state index in [4.69, 9.17) is 0 Å². The average Bonchev–Trinajstić information content (AvgIpc) is 2.89. The molecule has 0 spiro atoms. The van der Waals surface area contributed by atoms with Crippen molar-refractivity contribution < 1.29 is 0 Å². The molecule has 2 rings (SSSR count). The van der Waals surface area contributed by atoms with Gasteiger partial charge in [0.15, 0.2) is 5.82 Å². The van der Waals surface area contributed by atoms with Gasteiger partial charge in [-0.05, 0) is 26.3 Å². The molecule has 4 nitrogen and oxygen atoms in total. The van der Waals surface area contributed by atoms with Gasteiger partial charge in [0.25, 0.3) is 5.56 Å². The molecule has 2 heterocycles. The minimum atomic E-state index is -0.126. The van der Waals surface area contributed by atoms with Crippen LogP contribution in [0.2, 0.25) is 0 Å². The quantitative estimate of drug-likeness (QED) is 0.830. The first-order chi connectivity index (χ1) is 10.1. The van der Waals surface area contributed by atoms with Crippen LogP contribution in [-0.2, 0) is 0 Å². The number of nitrogens with zero attached hydrogens (tertiary/aromatic N) is 1. The second-order valence-electron chi connectivity index (χ2n) is 4.63. The maximum Gasteiger partial charge on any atom is 0.260 e. The minimum Gasteiger partial charge on any atom is -0.383 e. The maximum absolute atomic E-state index is 12.4. The van der Waals surface area contributed by atoms with E-state index in [1.807, 2.05) is 44.4 Å². The van der Waals surface area contributed by atoms with Gasteiger partial charge in [-0.1, -0.05) is 24.8 Å². The Kier molecular flexibility index (Phi) is 4.75. The summed E-state index contributed by atoms with van der Waals surface area (Å²) in [5.74, 6) is 0.498. The maximum atomic E-state index is 12.4. The summed E-state index contributed by atoms with van der Waals surface area (Å²) < 4.78 is 0. The zero-order valence-corrected chi connectivity index (χ0v) is 13.3. The first kappa shape index (κ1) is 15.3. The summed E-state index contributed by atoms with van der Waals surface area (Å²) in [4.78, 5) is 20.4. The van der Waals surface area contributed by atoms with Crippen LogP contribution >= 0.6 is 11.3 Å². The van der Waals surface area contributed by atoms with Crippen LogP contribution in [0.4, 0.5) is 0 Å². The number of aromatic nitrogens is 2. The fraction of sp³-hybridized carbons (Fsp3) is 0.250. The van der Waals surface area contributed by atoms with Gasteiger partial charge in [0.2, 0.25) is 0 Å². The fourth-order valence-corrected chi connectivity index (χ4v) is 3.01. The SMILES string of the molecule is C=C(NCC)c1nc2scc(/C(C)=C/C=C\C)c2c(=O)[nH]1. The highest BCUT2D eigenvalue weighted by Gasteiger charge is 2.13. The lowest BCUT2D eigenvalue weighted by Gasteiger charge is -2.06. The van der Waals surface area contributed by atoms with E-state index in [9.17, 15) is 4.79 Å². The molecule has 0 radical (unpaired) electrons. The predicted octanol–water partition coefficient (Wildman–Crippen LogP) is 3.54. The number of H-pyrrole nitrogens is 1. The summed E-state index contributed by atoms with van der Waals surface area (Å²) in [5, 5.41) is 5.69. The first-order valence-corrected chi connectivity index (χ1v) is 7.71. The molecule has 21 heavy (non-hydrogen) atoms. The van der Waals surface area contributed by atoms with Crippen molar-refractivity contribution in [2.45, 2.75) is 20.8 Å². The Morgan fingerprint density at radius 2 is 2.33 bits per heavy atom. The Morgan fingerprint density at radius 3 is 3.00 bits per heavy atom. The van der Waals surface area contributed by atoms with Crippen LogP contribution in [0.25, 0.3) is 21.5 Å². The lowest BCUT2D eigenvalue weighted by molar-refractivity contribution is 0.919. The predicted molar refractivity (Wildman–Crippen MR) is 91.4 cm³/mol. The second kappa shape index (κ2) is 6.54. The second-order valence-corrected chi connectivity index (χ2v) is 5.49. The van der Waals surface area contributed by atoms with Gasteiger partial charge in [0.1, 0.15) is 4.83 Å². The molecule has 2 N–H and O–H groups in total. The summed E-state index contributed by atoms with van der Waals surface area (Å²) in [5.41, 5.74) is 2.48. The zero-order valence-electron chi connectivity index (χ0n) is 12.5. The topological polar surface area (TPSA) is 57.8 Å². The van der Waals surface area contributed by atoms with Crippen molar-refractivity contribution >= 4 is 32.8 Å². The van der Waals surface area contributed by atoms with E-state index in [1.165, 1.54) is 11.3 Å². The Morgan fingerprint density at radius 1 is 1.57 bits per heavy atom. The van der Waals surface area contributed by atoms with Gasteiger partial charge in [0, 0.05) is 17.5 Å². The van der Waals surface area contributed by atoms with Gasteiger partial charge in [-0.15, -0.1) is 11.3 Å². The molecule has 0 atom stereocenters. The molecule has 0 bridgehead atoms. The largest absolute Gasteiger partial charge is 0.383 e. The normalized spacial score (nSPS) is 12.2. The summed E-state index contributed by atoms with van der Waals surface area (Å²) in [6, 6.07) is 0.